The van der Waals surface area contributed by atoms with Gasteiger partial charge < -0.3 is 10.2 Å². The SMILES string of the molecule is N#CCC(=O)NNS(=O)(=O)c1ccc(O)c(C(=O)O)c1. The lowest BCUT2D eigenvalue weighted by molar-refractivity contribution is -0.120. The predicted octanol–water partition coefficient (Wildman–Crippen LogP) is -0.686. The van der Waals surface area contributed by atoms with Gasteiger partial charge in [-0.2, -0.15) is 5.26 Å². The number of nitrogens with zero attached hydrogens (tertiary/aromatic N) is 1. The van der Waals surface area contributed by atoms with E-state index in [-0.39, 0.29) is 0 Å². The summed E-state index contributed by atoms with van der Waals surface area (Å²) >= 11 is 0. The number of nitriles is 1. The molecule has 0 saturated carbocycles. The van der Waals surface area contributed by atoms with Gasteiger partial charge in [-0.1, -0.05) is 0 Å². The molecule has 1 aromatic rings. The van der Waals surface area contributed by atoms with Crippen LogP contribution in [0.5, 0.6) is 5.75 Å². The number of aromatic carboxylic acids is 1. The largest absolute Gasteiger partial charge is 0.507 e. The molecule has 0 saturated heterocycles. The summed E-state index contributed by atoms with van der Waals surface area (Å²) < 4.78 is 23.5. The topological polar surface area (TPSA) is 157 Å². The second kappa shape index (κ2) is 6.00. The van der Waals surface area contributed by atoms with Crippen molar-refractivity contribution in [3.8, 4) is 11.8 Å². The molecule has 1 aromatic carbocycles. The summed E-state index contributed by atoms with van der Waals surface area (Å²) in [5.41, 5.74) is 1.18. The van der Waals surface area contributed by atoms with Crippen molar-refractivity contribution in [1.29, 1.82) is 5.26 Å². The fourth-order valence-electron chi connectivity index (χ4n) is 1.15. The van der Waals surface area contributed by atoms with Crippen LogP contribution < -0.4 is 10.3 Å². The average molecular weight is 299 g/mol. The number of amides is 1. The van der Waals surface area contributed by atoms with Gasteiger partial charge in [-0.05, 0) is 18.2 Å². The number of hydrazine groups is 1. The molecule has 0 bridgehead atoms. The number of carboxylic acids is 1. The van der Waals surface area contributed by atoms with Crippen molar-refractivity contribution in [2.24, 2.45) is 0 Å². The first kappa shape index (κ1) is 15.4. The number of nitrogens with one attached hydrogen (secondary N) is 2. The van der Waals surface area contributed by atoms with Crippen LogP contribution >= 0.6 is 0 Å². The second-order valence-electron chi connectivity index (χ2n) is 3.47. The Morgan fingerprint density at radius 3 is 2.55 bits per heavy atom. The third-order valence-electron chi connectivity index (χ3n) is 2.07. The number of carbonyl (C=O) groups excluding carboxylic acids is 1. The Bertz CT molecular complexity index is 691. The van der Waals surface area contributed by atoms with Gasteiger partial charge in [0.05, 0.1) is 11.0 Å². The van der Waals surface area contributed by atoms with E-state index in [0.29, 0.717) is 0 Å². The molecule has 20 heavy (non-hydrogen) atoms. The van der Waals surface area contributed by atoms with Crippen LogP contribution in [0.3, 0.4) is 0 Å². The first-order valence-electron chi connectivity index (χ1n) is 5.02. The monoisotopic (exact) mass is 299 g/mol. The average Bonchev–Trinajstić information content (AvgIpc) is 2.37. The predicted molar refractivity (Wildman–Crippen MR) is 63.8 cm³/mol. The van der Waals surface area contributed by atoms with Crippen molar-refractivity contribution in [3.05, 3.63) is 23.8 Å². The minimum Gasteiger partial charge on any atom is -0.507 e. The van der Waals surface area contributed by atoms with Gasteiger partial charge in [0.2, 0.25) is 5.91 Å². The van der Waals surface area contributed by atoms with Crippen LogP contribution in [-0.2, 0) is 14.8 Å². The third-order valence-corrected chi connectivity index (χ3v) is 3.32. The van der Waals surface area contributed by atoms with Gasteiger partial charge in [-0.3, -0.25) is 10.2 Å². The minimum atomic E-state index is -4.21. The quantitative estimate of drug-likeness (QED) is 0.524. The number of carbonyl (C=O) groups is 2. The van der Waals surface area contributed by atoms with Crippen LogP contribution in [0, 0.1) is 11.3 Å². The van der Waals surface area contributed by atoms with E-state index >= 15 is 0 Å². The van der Waals surface area contributed by atoms with Crippen LogP contribution in [0.25, 0.3) is 0 Å². The Morgan fingerprint density at radius 1 is 1.35 bits per heavy atom. The zero-order chi connectivity index (χ0) is 15.3. The second-order valence-corrected chi connectivity index (χ2v) is 5.16. The zero-order valence-electron chi connectivity index (χ0n) is 9.82. The Kier molecular flexibility index (Phi) is 4.63. The molecular weight excluding hydrogens is 290 g/mol. The maximum Gasteiger partial charge on any atom is 0.339 e. The van der Waals surface area contributed by atoms with E-state index in [1.165, 1.54) is 6.07 Å². The van der Waals surface area contributed by atoms with Crippen molar-refractivity contribution in [1.82, 2.24) is 10.3 Å². The molecule has 0 aliphatic rings. The lowest BCUT2D eigenvalue weighted by atomic mass is 10.2. The van der Waals surface area contributed by atoms with Crippen molar-refractivity contribution in [3.63, 3.8) is 0 Å². The molecule has 0 aliphatic carbocycles. The molecule has 0 fully saturated rings. The number of phenols is 1. The molecule has 10 heteroatoms. The maximum absolute atomic E-state index is 11.7. The molecule has 0 aromatic heterocycles. The fourth-order valence-corrected chi connectivity index (χ4v) is 2.04. The van der Waals surface area contributed by atoms with Gasteiger partial charge in [-0.25, -0.2) is 13.2 Å². The van der Waals surface area contributed by atoms with Crippen LogP contribution in [0.2, 0.25) is 0 Å². The Hall–Kier alpha value is -2.64. The molecule has 0 unspecified atom stereocenters. The first-order valence-corrected chi connectivity index (χ1v) is 6.50. The summed E-state index contributed by atoms with van der Waals surface area (Å²) in [7, 11) is -4.21. The van der Waals surface area contributed by atoms with E-state index in [4.69, 9.17) is 10.4 Å². The third kappa shape index (κ3) is 3.67. The van der Waals surface area contributed by atoms with Crippen molar-refractivity contribution in [2.45, 2.75) is 11.3 Å². The molecule has 0 atom stereocenters. The summed E-state index contributed by atoms with van der Waals surface area (Å²) in [6, 6.07) is 4.11. The number of hydrogen-bond donors (Lipinski definition) is 4. The maximum atomic E-state index is 11.7. The van der Waals surface area contributed by atoms with E-state index < -0.39 is 44.5 Å². The molecular formula is C10H9N3O6S. The highest BCUT2D eigenvalue weighted by Gasteiger charge is 2.19. The number of sulfonamides is 1. The molecule has 1 rings (SSSR count). The summed E-state index contributed by atoms with van der Waals surface area (Å²) in [5, 5.41) is 26.3. The summed E-state index contributed by atoms with van der Waals surface area (Å²) in [6.45, 7) is 0. The summed E-state index contributed by atoms with van der Waals surface area (Å²) in [4.78, 5) is 23.0. The highest BCUT2D eigenvalue weighted by molar-refractivity contribution is 7.89. The van der Waals surface area contributed by atoms with E-state index in [1.54, 1.807) is 10.3 Å². The molecule has 9 nitrogen and oxygen atoms in total. The molecule has 1 amide bonds. The van der Waals surface area contributed by atoms with Crippen LogP contribution in [0.15, 0.2) is 23.1 Å². The molecule has 0 spiro atoms. The smallest absolute Gasteiger partial charge is 0.339 e. The zero-order valence-corrected chi connectivity index (χ0v) is 10.6. The molecule has 106 valence electrons. The number of rotatable bonds is 5. The molecule has 4 N–H and O–H groups in total. The molecule has 0 heterocycles. The summed E-state index contributed by atoms with van der Waals surface area (Å²) in [5.74, 6) is -2.97. The van der Waals surface area contributed by atoms with Gasteiger partial charge in [0, 0.05) is 0 Å². The fraction of sp³-hybridized carbons (Fsp3) is 0.100. The van der Waals surface area contributed by atoms with Crippen molar-refractivity contribution >= 4 is 21.9 Å². The molecule has 0 aliphatic heterocycles. The first-order chi connectivity index (χ1) is 9.27. The van der Waals surface area contributed by atoms with Gasteiger partial charge in [0.25, 0.3) is 10.0 Å². The van der Waals surface area contributed by atoms with Gasteiger partial charge in [0.15, 0.2) is 0 Å². The number of benzene rings is 1. The van der Waals surface area contributed by atoms with Crippen molar-refractivity contribution < 1.29 is 28.2 Å². The standard InChI is InChI=1S/C10H9N3O6S/c11-4-3-9(15)12-13-20(18,19)6-1-2-8(14)7(5-6)10(16)17/h1-2,5,13-14H,3H2,(H,12,15)(H,16,17). The van der Waals surface area contributed by atoms with Crippen LogP contribution in [0.1, 0.15) is 16.8 Å². The lowest BCUT2D eigenvalue weighted by Gasteiger charge is -2.08. The number of aromatic hydroxyl groups is 1. The van der Waals surface area contributed by atoms with E-state index in [0.717, 1.165) is 18.2 Å². The van der Waals surface area contributed by atoms with Crippen LogP contribution in [-0.4, -0.2) is 30.5 Å². The van der Waals surface area contributed by atoms with E-state index in [9.17, 15) is 23.1 Å². The number of carboxylic acid groups (broad SMARTS) is 1. The van der Waals surface area contributed by atoms with E-state index in [1.807, 2.05) is 0 Å². The van der Waals surface area contributed by atoms with Gasteiger partial charge >= 0.3 is 5.97 Å². The lowest BCUT2D eigenvalue weighted by Crippen LogP contribution is -2.41. The van der Waals surface area contributed by atoms with Gasteiger partial charge in [0.1, 0.15) is 17.7 Å². The highest BCUT2D eigenvalue weighted by atomic mass is 32.2. The van der Waals surface area contributed by atoms with Gasteiger partial charge in [-0.15, -0.1) is 4.83 Å². The Balaban J connectivity index is 2.99. The highest BCUT2D eigenvalue weighted by Crippen LogP contribution is 2.20. The summed E-state index contributed by atoms with van der Waals surface area (Å²) in [6.07, 6.45) is -0.543. The van der Waals surface area contributed by atoms with Crippen molar-refractivity contribution in [2.75, 3.05) is 0 Å². The number of hydrogen-bond acceptors (Lipinski definition) is 6. The molecule has 0 radical (unpaired) electrons. The normalized spacial score (nSPS) is 10.6. The van der Waals surface area contributed by atoms with E-state index in [2.05, 4.69) is 0 Å². The minimum absolute atomic E-state index is 0.468. The Labute approximate surface area is 113 Å². The Morgan fingerprint density at radius 2 is 2.00 bits per heavy atom. The van der Waals surface area contributed by atoms with Crippen LogP contribution in [0.4, 0.5) is 0 Å².